The number of rotatable bonds is 4. The van der Waals surface area contributed by atoms with Crippen molar-refractivity contribution < 1.29 is 14.3 Å². The predicted molar refractivity (Wildman–Crippen MR) is 81.8 cm³/mol. The second-order valence-electron chi connectivity index (χ2n) is 4.17. The van der Waals surface area contributed by atoms with E-state index in [2.05, 4.69) is 10.1 Å². The minimum Gasteiger partial charge on any atom is -0.465 e. The fourth-order valence-electron chi connectivity index (χ4n) is 1.77. The molecule has 0 atom stereocenters. The first-order valence-corrected chi connectivity index (χ1v) is 7.70. The van der Waals surface area contributed by atoms with Crippen LogP contribution in [0.15, 0.2) is 17.5 Å². The van der Waals surface area contributed by atoms with Gasteiger partial charge in [-0.15, -0.1) is 22.7 Å². The Kier molecular flexibility index (Phi) is 4.73. The molecule has 7 heteroatoms. The standard InChI is InChI=1S/C14H12N2O3S2/c1-8-10(7-15)13(21-12(8)14(18)19-2)16-11(17)6-9-4-3-5-20-9/h3-5H,6H2,1-2H3,(H,16,17). The van der Waals surface area contributed by atoms with Crippen LogP contribution in [0.3, 0.4) is 0 Å². The van der Waals surface area contributed by atoms with E-state index in [0.29, 0.717) is 21.0 Å². The maximum atomic E-state index is 12.0. The fraction of sp³-hybridized carbons (Fsp3) is 0.214. The van der Waals surface area contributed by atoms with E-state index in [0.717, 1.165) is 16.2 Å². The van der Waals surface area contributed by atoms with Gasteiger partial charge in [0.15, 0.2) is 0 Å². The molecule has 2 aromatic heterocycles. The lowest BCUT2D eigenvalue weighted by molar-refractivity contribution is -0.115. The van der Waals surface area contributed by atoms with Crippen molar-refractivity contribution in [3.05, 3.63) is 38.4 Å². The van der Waals surface area contributed by atoms with Crippen LogP contribution in [0.25, 0.3) is 0 Å². The normalized spacial score (nSPS) is 9.95. The number of thiophene rings is 2. The molecular formula is C14H12N2O3S2. The summed E-state index contributed by atoms with van der Waals surface area (Å²) in [5, 5.41) is 14.2. The summed E-state index contributed by atoms with van der Waals surface area (Å²) in [4.78, 5) is 24.9. The Morgan fingerprint density at radius 2 is 2.24 bits per heavy atom. The fourth-order valence-corrected chi connectivity index (χ4v) is 3.56. The summed E-state index contributed by atoms with van der Waals surface area (Å²) in [5.74, 6) is -0.723. The Bertz CT molecular complexity index is 711. The molecule has 1 amide bonds. The van der Waals surface area contributed by atoms with Crippen LogP contribution in [-0.2, 0) is 16.0 Å². The lowest BCUT2D eigenvalue weighted by Crippen LogP contribution is -2.13. The summed E-state index contributed by atoms with van der Waals surface area (Å²) in [7, 11) is 1.28. The number of carbonyl (C=O) groups is 2. The molecule has 108 valence electrons. The summed E-state index contributed by atoms with van der Waals surface area (Å²) in [5.41, 5.74) is 0.834. The Hall–Kier alpha value is -2.17. The van der Waals surface area contributed by atoms with E-state index in [-0.39, 0.29) is 12.3 Å². The number of hydrogen-bond donors (Lipinski definition) is 1. The van der Waals surface area contributed by atoms with Gasteiger partial charge in [0.25, 0.3) is 0 Å². The minimum absolute atomic E-state index is 0.216. The first-order valence-electron chi connectivity index (χ1n) is 6.00. The smallest absolute Gasteiger partial charge is 0.348 e. The van der Waals surface area contributed by atoms with Gasteiger partial charge >= 0.3 is 5.97 Å². The molecule has 0 aliphatic heterocycles. The predicted octanol–water partition coefficient (Wildman–Crippen LogP) is 2.96. The Balaban J connectivity index is 2.22. The van der Waals surface area contributed by atoms with E-state index in [1.165, 1.54) is 18.4 Å². The second kappa shape index (κ2) is 6.52. The number of nitrogens with one attached hydrogen (secondary N) is 1. The van der Waals surface area contributed by atoms with E-state index in [9.17, 15) is 14.9 Å². The Morgan fingerprint density at radius 1 is 1.48 bits per heavy atom. The Morgan fingerprint density at radius 3 is 2.81 bits per heavy atom. The largest absolute Gasteiger partial charge is 0.465 e. The molecule has 2 rings (SSSR count). The Labute approximate surface area is 129 Å². The zero-order chi connectivity index (χ0) is 15.4. The van der Waals surface area contributed by atoms with Crippen molar-refractivity contribution in [2.24, 2.45) is 0 Å². The molecule has 5 nitrogen and oxygen atoms in total. The van der Waals surface area contributed by atoms with Crippen LogP contribution in [-0.4, -0.2) is 19.0 Å². The van der Waals surface area contributed by atoms with Gasteiger partial charge in [0, 0.05) is 4.88 Å². The molecule has 0 saturated carbocycles. The topological polar surface area (TPSA) is 79.2 Å². The molecule has 21 heavy (non-hydrogen) atoms. The van der Waals surface area contributed by atoms with E-state index < -0.39 is 5.97 Å². The van der Waals surface area contributed by atoms with Crippen molar-refractivity contribution in [2.75, 3.05) is 12.4 Å². The van der Waals surface area contributed by atoms with E-state index in [1.807, 2.05) is 23.6 Å². The number of ether oxygens (including phenoxy) is 1. The van der Waals surface area contributed by atoms with Gasteiger partial charge in [0.1, 0.15) is 15.9 Å². The molecular weight excluding hydrogens is 308 g/mol. The second-order valence-corrected chi connectivity index (χ2v) is 6.22. The van der Waals surface area contributed by atoms with Gasteiger partial charge in [0.05, 0.1) is 19.1 Å². The maximum absolute atomic E-state index is 12.0. The number of amides is 1. The van der Waals surface area contributed by atoms with Crippen LogP contribution in [0.4, 0.5) is 5.00 Å². The van der Waals surface area contributed by atoms with Gasteiger partial charge in [-0.2, -0.15) is 5.26 Å². The molecule has 0 aromatic carbocycles. The third-order valence-corrected chi connectivity index (χ3v) is 4.86. The number of esters is 1. The maximum Gasteiger partial charge on any atom is 0.348 e. The summed E-state index contributed by atoms with van der Waals surface area (Å²) < 4.78 is 4.67. The van der Waals surface area contributed by atoms with Gasteiger partial charge < -0.3 is 10.1 Å². The van der Waals surface area contributed by atoms with Crippen molar-refractivity contribution in [3.8, 4) is 6.07 Å². The highest BCUT2D eigenvalue weighted by molar-refractivity contribution is 7.18. The van der Waals surface area contributed by atoms with Gasteiger partial charge in [-0.25, -0.2) is 4.79 Å². The summed E-state index contributed by atoms with van der Waals surface area (Å²) in [6, 6.07) is 5.76. The quantitative estimate of drug-likeness (QED) is 0.878. The van der Waals surface area contributed by atoms with Gasteiger partial charge in [-0.05, 0) is 23.9 Å². The van der Waals surface area contributed by atoms with E-state index in [1.54, 1.807) is 6.92 Å². The minimum atomic E-state index is -0.507. The van der Waals surface area contributed by atoms with Crippen molar-refractivity contribution in [1.29, 1.82) is 5.26 Å². The van der Waals surface area contributed by atoms with E-state index in [4.69, 9.17) is 0 Å². The molecule has 1 N–H and O–H groups in total. The van der Waals surface area contributed by atoms with Crippen molar-refractivity contribution in [1.82, 2.24) is 0 Å². The number of anilines is 1. The molecule has 0 aliphatic carbocycles. The molecule has 0 spiro atoms. The summed E-state index contributed by atoms with van der Waals surface area (Å²) >= 11 is 2.55. The highest BCUT2D eigenvalue weighted by atomic mass is 32.1. The zero-order valence-corrected chi connectivity index (χ0v) is 13.1. The number of nitriles is 1. The average molecular weight is 320 g/mol. The average Bonchev–Trinajstić information content (AvgIpc) is 3.06. The van der Waals surface area contributed by atoms with Crippen LogP contribution in [0.1, 0.15) is 25.7 Å². The first-order chi connectivity index (χ1) is 10.1. The highest BCUT2D eigenvalue weighted by Crippen LogP contribution is 2.33. The lowest BCUT2D eigenvalue weighted by Gasteiger charge is -2.01. The SMILES string of the molecule is COC(=O)c1sc(NC(=O)Cc2cccs2)c(C#N)c1C. The molecule has 0 radical (unpaired) electrons. The zero-order valence-electron chi connectivity index (χ0n) is 11.4. The monoisotopic (exact) mass is 320 g/mol. The summed E-state index contributed by atoms with van der Waals surface area (Å²) in [6.45, 7) is 1.66. The molecule has 2 heterocycles. The number of hydrogen-bond acceptors (Lipinski definition) is 6. The van der Waals surface area contributed by atoms with E-state index >= 15 is 0 Å². The molecule has 0 saturated heterocycles. The third kappa shape index (κ3) is 3.29. The molecule has 0 fully saturated rings. The summed E-state index contributed by atoms with van der Waals surface area (Å²) in [6.07, 6.45) is 0.243. The molecule has 0 unspecified atom stereocenters. The van der Waals surface area contributed by atoms with Gasteiger partial charge in [-0.3, -0.25) is 4.79 Å². The van der Waals surface area contributed by atoms with Crippen molar-refractivity contribution >= 4 is 39.6 Å². The molecule has 2 aromatic rings. The molecule has 0 aliphatic rings. The first kappa shape index (κ1) is 15.2. The third-order valence-electron chi connectivity index (χ3n) is 2.80. The van der Waals surface area contributed by atoms with Crippen LogP contribution >= 0.6 is 22.7 Å². The lowest BCUT2D eigenvalue weighted by atomic mass is 10.2. The van der Waals surface area contributed by atoms with Gasteiger partial charge in [-0.1, -0.05) is 6.07 Å². The van der Waals surface area contributed by atoms with Crippen molar-refractivity contribution in [2.45, 2.75) is 13.3 Å². The number of methoxy groups -OCH3 is 1. The van der Waals surface area contributed by atoms with Crippen LogP contribution in [0.5, 0.6) is 0 Å². The van der Waals surface area contributed by atoms with Crippen LogP contribution in [0.2, 0.25) is 0 Å². The number of carbonyl (C=O) groups excluding carboxylic acids is 2. The number of nitrogens with zero attached hydrogens (tertiary/aromatic N) is 1. The van der Waals surface area contributed by atoms with Crippen LogP contribution in [0, 0.1) is 18.3 Å². The molecule has 0 bridgehead atoms. The van der Waals surface area contributed by atoms with Crippen LogP contribution < -0.4 is 5.32 Å². The van der Waals surface area contributed by atoms with Gasteiger partial charge in [0.2, 0.25) is 5.91 Å². The highest BCUT2D eigenvalue weighted by Gasteiger charge is 2.21. The van der Waals surface area contributed by atoms with Crippen molar-refractivity contribution in [3.63, 3.8) is 0 Å².